The van der Waals surface area contributed by atoms with Gasteiger partial charge in [-0.1, -0.05) is 19.1 Å². The molecule has 0 saturated carbocycles. The number of benzene rings is 1. The zero-order valence-electron chi connectivity index (χ0n) is 8.80. The summed E-state index contributed by atoms with van der Waals surface area (Å²) in [5.41, 5.74) is 0.555. The number of nitrogens with zero attached hydrogens (tertiary/aromatic N) is 1. The maximum Gasteiger partial charge on any atom is 0.268 e. The Labute approximate surface area is 100 Å². The number of anilines is 1. The molecule has 0 aromatic heterocycles. The van der Waals surface area contributed by atoms with Crippen molar-refractivity contribution in [1.29, 1.82) is 0 Å². The number of hydrogen-bond donors (Lipinski definition) is 1. The molecule has 86 valence electrons. The summed E-state index contributed by atoms with van der Waals surface area (Å²) in [5, 5.41) is 3.18. The van der Waals surface area contributed by atoms with Crippen LogP contribution in [0.2, 0.25) is 0 Å². The summed E-state index contributed by atoms with van der Waals surface area (Å²) in [4.78, 5) is 0.289. The van der Waals surface area contributed by atoms with Crippen LogP contribution < -0.4 is 5.32 Å². The molecule has 6 heteroatoms. The molecular weight excluding hydrogens is 244 g/mol. The maximum absolute atomic E-state index is 12.2. The molecule has 0 radical (unpaired) electrons. The van der Waals surface area contributed by atoms with Gasteiger partial charge < -0.3 is 5.32 Å². The summed E-state index contributed by atoms with van der Waals surface area (Å²) < 4.78 is 25.6. The summed E-state index contributed by atoms with van der Waals surface area (Å²) in [5.74, 6) is 0. The first-order chi connectivity index (χ1) is 7.57. The summed E-state index contributed by atoms with van der Waals surface area (Å²) >= 11 is 5.05. The molecule has 0 spiro atoms. The Morgan fingerprint density at radius 3 is 2.75 bits per heavy atom. The highest BCUT2D eigenvalue weighted by atomic mass is 32.2. The van der Waals surface area contributed by atoms with Gasteiger partial charge in [0.05, 0.1) is 5.69 Å². The predicted octanol–water partition coefficient (Wildman–Crippen LogP) is 1.80. The van der Waals surface area contributed by atoms with Crippen LogP contribution in [0.4, 0.5) is 5.69 Å². The highest BCUT2D eigenvalue weighted by Gasteiger charge is 2.33. The molecule has 1 heterocycles. The van der Waals surface area contributed by atoms with Crippen molar-refractivity contribution in [3.05, 3.63) is 24.3 Å². The zero-order valence-corrected chi connectivity index (χ0v) is 10.4. The average Bonchev–Trinajstić information content (AvgIpc) is 2.24. The van der Waals surface area contributed by atoms with Gasteiger partial charge in [-0.3, -0.25) is 0 Å². The van der Waals surface area contributed by atoms with Crippen molar-refractivity contribution in [2.45, 2.75) is 18.2 Å². The number of fused-ring (bicyclic) bond motifs is 1. The molecule has 16 heavy (non-hydrogen) atoms. The lowest BCUT2D eigenvalue weighted by atomic mass is 10.3. The molecule has 0 bridgehead atoms. The number of thiocarbonyl (C=S) groups is 1. The third-order valence-corrected chi connectivity index (χ3v) is 4.65. The van der Waals surface area contributed by atoms with Crippen LogP contribution in [-0.4, -0.2) is 24.4 Å². The highest BCUT2D eigenvalue weighted by Crippen LogP contribution is 2.29. The number of para-hydroxylation sites is 1. The van der Waals surface area contributed by atoms with Gasteiger partial charge in [0, 0.05) is 6.54 Å². The molecule has 0 amide bonds. The van der Waals surface area contributed by atoms with Gasteiger partial charge in [-0.15, -0.1) is 0 Å². The Kier molecular flexibility index (Phi) is 2.86. The third kappa shape index (κ3) is 1.68. The second-order valence-electron chi connectivity index (χ2n) is 3.50. The molecule has 2 rings (SSSR count). The Morgan fingerprint density at radius 2 is 2.06 bits per heavy atom. The smallest absolute Gasteiger partial charge is 0.268 e. The van der Waals surface area contributed by atoms with Crippen LogP contribution in [0.25, 0.3) is 0 Å². The molecule has 1 aromatic rings. The van der Waals surface area contributed by atoms with Crippen LogP contribution in [0, 0.1) is 0 Å². The minimum Gasteiger partial charge on any atom is -0.331 e. The van der Waals surface area contributed by atoms with Crippen molar-refractivity contribution in [2.24, 2.45) is 0 Å². The molecule has 1 aromatic carbocycles. The van der Waals surface area contributed by atoms with E-state index in [4.69, 9.17) is 12.2 Å². The van der Waals surface area contributed by atoms with Gasteiger partial charge in [0.15, 0.2) is 5.11 Å². The van der Waals surface area contributed by atoms with Crippen LogP contribution in [-0.2, 0) is 10.0 Å². The summed E-state index contributed by atoms with van der Waals surface area (Å²) in [7, 11) is -3.46. The van der Waals surface area contributed by atoms with Gasteiger partial charge in [-0.05, 0) is 30.8 Å². The number of hydrogen-bond acceptors (Lipinski definition) is 3. The van der Waals surface area contributed by atoms with Gasteiger partial charge in [-0.25, -0.2) is 12.7 Å². The zero-order chi connectivity index (χ0) is 11.8. The number of nitrogens with one attached hydrogen (secondary N) is 1. The van der Waals surface area contributed by atoms with Crippen molar-refractivity contribution in [1.82, 2.24) is 4.31 Å². The monoisotopic (exact) mass is 256 g/mol. The minimum atomic E-state index is -3.46. The van der Waals surface area contributed by atoms with E-state index >= 15 is 0 Å². The Balaban J connectivity index is 2.56. The lowest BCUT2D eigenvalue weighted by Gasteiger charge is -2.30. The Bertz CT molecular complexity index is 525. The lowest BCUT2D eigenvalue weighted by molar-refractivity contribution is 0.518. The number of sulfonamides is 1. The van der Waals surface area contributed by atoms with Gasteiger partial charge in [-0.2, -0.15) is 0 Å². The molecule has 1 aliphatic rings. The third-order valence-electron chi connectivity index (χ3n) is 2.35. The second kappa shape index (κ2) is 4.03. The van der Waals surface area contributed by atoms with Crippen molar-refractivity contribution < 1.29 is 8.42 Å². The Morgan fingerprint density at radius 1 is 1.38 bits per heavy atom. The molecule has 0 fully saturated rings. The fourth-order valence-electron chi connectivity index (χ4n) is 1.63. The van der Waals surface area contributed by atoms with Gasteiger partial charge in [0.1, 0.15) is 4.90 Å². The molecule has 1 N–H and O–H groups in total. The average molecular weight is 256 g/mol. The van der Waals surface area contributed by atoms with Crippen molar-refractivity contribution >= 4 is 33.0 Å². The first-order valence-electron chi connectivity index (χ1n) is 5.00. The first-order valence-corrected chi connectivity index (χ1v) is 6.85. The largest absolute Gasteiger partial charge is 0.331 e. The van der Waals surface area contributed by atoms with Crippen molar-refractivity contribution in [2.75, 3.05) is 11.9 Å². The second-order valence-corrected chi connectivity index (χ2v) is 5.72. The van der Waals surface area contributed by atoms with Crippen LogP contribution in [0.1, 0.15) is 13.3 Å². The normalized spacial score (nSPS) is 17.8. The molecule has 0 unspecified atom stereocenters. The van der Waals surface area contributed by atoms with Crippen LogP contribution >= 0.6 is 12.2 Å². The fraction of sp³-hybridized carbons (Fsp3) is 0.300. The molecule has 0 saturated heterocycles. The topological polar surface area (TPSA) is 49.4 Å². The van der Waals surface area contributed by atoms with E-state index in [0.717, 1.165) is 6.42 Å². The number of rotatable bonds is 2. The summed E-state index contributed by atoms with van der Waals surface area (Å²) in [6.07, 6.45) is 0.725. The van der Waals surface area contributed by atoms with E-state index in [-0.39, 0.29) is 10.0 Å². The van der Waals surface area contributed by atoms with Crippen molar-refractivity contribution in [3.8, 4) is 0 Å². The van der Waals surface area contributed by atoms with Crippen LogP contribution in [0.15, 0.2) is 29.2 Å². The minimum absolute atomic E-state index is 0.251. The van der Waals surface area contributed by atoms with E-state index in [9.17, 15) is 8.42 Å². The molecule has 1 aliphatic heterocycles. The SMILES string of the molecule is CCCN1C(=S)Nc2ccccc2S1(=O)=O. The van der Waals surface area contributed by atoms with E-state index in [1.165, 1.54) is 4.31 Å². The predicted molar refractivity (Wildman–Crippen MR) is 66.8 cm³/mol. The molecule has 4 nitrogen and oxygen atoms in total. The van der Waals surface area contributed by atoms with Gasteiger partial charge in [0.2, 0.25) is 0 Å². The quantitative estimate of drug-likeness (QED) is 0.820. The van der Waals surface area contributed by atoms with E-state index in [0.29, 0.717) is 12.2 Å². The molecule has 0 atom stereocenters. The summed E-state index contributed by atoms with van der Waals surface area (Å²) in [6.45, 7) is 2.32. The first kappa shape index (κ1) is 11.3. The van der Waals surface area contributed by atoms with Crippen LogP contribution in [0.3, 0.4) is 0 Å². The highest BCUT2D eigenvalue weighted by molar-refractivity contribution is 7.92. The molecular formula is C10H12N2O2S2. The van der Waals surface area contributed by atoms with E-state index < -0.39 is 10.0 Å². The molecule has 0 aliphatic carbocycles. The van der Waals surface area contributed by atoms with Gasteiger partial charge in [0.25, 0.3) is 10.0 Å². The Hall–Kier alpha value is -1.14. The van der Waals surface area contributed by atoms with Crippen molar-refractivity contribution in [3.63, 3.8) is 0 Å². The van der Waals surface area contributed by atoms with Crippen LogP contribution in [0.5, 0.6) is 0 Å². The van der Waals surface area contributed by atoms with Gasteiger partial charge >= 0.3 is 0 Å². The summed E-state index contributed by atoms with van der Waals surface area (Å²) in [6, 6.07) is 6.78. The fourth-order valence-corrected chi connectivity index (χ4v) is 3.69. The van der Waals surface area contributed by atoms with E-state index in [1.54, 1.807) is 24.3 Å². The lowest BCUT2D eigenvalue weighted by Crippen LogP contribution is -2.44. The van der Waals surface area contributed by atoms with E-state index in [1.807, 2.05) is 6.92 Å². The van der Waals surface area contributed by atoms with E-state index in [2.05, 4.69) is 5.32 Å². The standard InChI is InChI=1S/C10H12N2O2S2/c1-2-7-12-10(15)11-8-5-3-4-6-9(8)16(12,13)14/h3-6H,2,7H2,1H3,(H,11,15). The maximum atomic E-state index is 12.2.